The molecule has 0 saturated heterocycles. The third-order valence-electron chi connectivity index (χ3n) is 4.86. The lowest BCUT2D eigenvalue weighted by Crippen LogP contribution is -2.28. The average Bonchev–Trinajstić information content (AvgIpc) is 2.81. The first-order valence-corrected chi connectivity index (χ1v) is 10.5. The van der Waals surface area contributed by atoms with Gasteiger partial charge in [0.2, 0.25) is 5.78 Å². The number of hydrogen-bond donors (Lipinski definition) is 3. The van der Waals surface area contributed by atoms with Crippen molar-refractivity contribution < 1.29 is 14.6 Å². The van der Waals surface area contributed by atoms with Crippen LogP contribution in [0.1, 0.15) is 18.9 Å². The van der Waals surface area contributed by atoms with E-state index in [4.69, 9.17) is 9.84 Å². The number of nitrogens with zero attached hydrogens (tertiary/aromatic N) is 1. The highest BCUT2D eigenvalue weighted by atomic mass is 32.1. The van der Waals surface area contributed by atoms with E-state index in [1.165, 1.54) is 5.69 Å². The number of carbonyl (C=O) groups excluding carboxylic acids is 1. The molecule has 31 heavy (non-hydrogen) atoms. The normalized spacial score (nSPS) is 14.3. The van der Waals surface area contributed by atoms with E-state index in [-0.39, 0.29) is 5.78 Å². The van der Waals surface area contributed by atoms with Gasteiger partial charge in [0, 0.05) is 37.0 Å². The highest BCUT2D eigenvalue weighted by Crippen LogP contribution is 2.32. The number of hydrogen-bond acceptors (Lipinski definition) is 6. The van der Waals surface area contributed by atoms with Crippen molar-refractivity contribution in [3.05, 3.63) is 83.3 Å². The van der Waals surface area contributed by atoms with Crippen molar-refractivity contribution in [2.24, 2.45) is 0 Å². The summed E-state index contributed by atoms with van der Waals surface area (Å²) in [6.07, 6.45) is 6.72. The Morgan fingerprint density at radius 1 is 1.13 bits per heavy atom. The van der Waals surface area contributed by atoms with Crippen LogP contribution in [0.15, 0.2) is 82.6 Å². The molecule has 0 fully saturated rings. The molecule has 2 aromatic carbocycles. The van der Waals surface area contributed by atoms with E-state index in [1.807, 2.05) is 42.5 Å². The third-order valence-corrected chi connectivity index (χ3v) is 5.16. The number of Topliss-reactive ketones (excluding diaryl/α,β-unsaturated/α-hetero) is 1. The molecule has 0 bridgehead atoms. The molecule has 5 nitrogen and oxygen atoms in total. The monoisotopic (exact) mass is 438 g/mol. The van der Waals surface area contributed by atoms with Crippen LogP contribution in [0.5, 0.6) is 0 Å². The standard InChI is InChI=1S/C24H26N2O2S.CH4O/c1-4-26(2)21-12-8-6-10-17(21)9-5-7-11-20-23(27)22(24(20)28-3)25-18-13-15-19(29)16-14-18;1-2/h5-6,8-16,25,29H,4,7H2,1-3H3;2H,1H3/b9-5-,20-11+;. The van der Waals surface area contributed by atoms with E-state index in [1.54, 1.807) is 7.11 Å². The largest absolute Gasteiger partial charge is 0.494 e. The zero-order valence-corrected chi connectivity index (χ0v) is 19.3. The van der Waals surface area contributed by atoms with E-state index in [0.29, 0.717) is 23.5 Å². The zero-order chi connectivity index (χ0) is 22.8. The molecule has 3 rings (SSSR count). The molecule has 0 radical (unpaired) electrons. The Labute approximate surface area is 190 Å². The van der Waals surface area contributed by atoms with Gasteiger partial charge in [0.15, 0.2) is 5.76 Å². The van der Waals surface area contributed by atoms with Crippen LogP contribution in [0.4, 0.5) is 11.4 Å². The predicted molar refractivity (Wildman–Crippen MR) is 132 cm³/mol. The van der Waals surface area contributed by atoms with Gasteiger partial charge in [0.05, 0.1) is 12.7 Å². The molecular weight excluding hydrogens is 408 g/mol. The summed E-state index contributed by atoms with van der Waals surface area (Å²) in [4.78, 5) is 15.6. The van der Waals surface area contributed by atoms with Gasteiger partial charge in [0.25, 0.3) is 0 Å². The number of rotatable bonds is 8. The predicted octanol–water partition coefficient (Wildman–Crippen LogP) is 4.92. The number of benzene rings is 2. The van der Waals surface area contributed by atoms with Gasteiger partial charge in [-0.3, -0.25) is 4.79 Å². The molecule has 0 heterocycles. The van der Waals surface area contributed by atoms with Crippen molar-refractivity contribution in [3.63, 3.8) is 0 Å². The average molecular weight is 439 g/mol. The molecule has 0 aliphatic heterocycles. The minimum absolute atomic E-state index is 0.0312. The fraction of sp³-hybridized carbons (Fsp3) is 0.240. The number of allylic oxidation sites excluding steroid dienone is 4. The van der Waals surface area contributed by atoms with Crippen LogP contribution in [0.3, 0.4) is 0 Å². The van der Waals surface area contributed by atoms with Gasteiger partial charge in [-0.1, -0.05) is 36.4 Å². The number of aliphatic hydroxyl groups excluding tert-OH is 1. The topological polar surface area (TPSA) is 61.8 Å². The lowest BCUT2D eigenvalue weighted by Gasteiger charge is -2.25. The molecule has 1 aliphatic carbocycles. The second kappa shape index (κ2) is 12.0. The summed E-state index contributed by atoms with van der Waals surface area (Å²) < 4.78 is 5.44. The van der Waals surface area contributed by atoms with E-state index < -0.39 is 0 Å². The first-order chi connectivity index (χ1) is 15.0. The maximum atomic E-state index is 12.5. The molecule has 0 atom stereocenters. The van der Waals surface area contributed by atoms with Gasteiger partial charge in [-0.15, -0.1) is 12.6 Å². The molecule has 0 amide bonds. The first-order valence-electron chi connectivity index (χ1n) is 10.1. The number of anilines is 2. The Hall–Kier alpha value is -2.96. The van der Waals surface area contributed by atoms with Gasteiger partial charge in [-0.2, -0.15) is 0 Å². The Kier molecular flexibility index (Phi) is 9.43. The minimum Gasteiger partial charge on any atom is -0.494 e. The maximum absolute atomic E-state index is 12.5. The fourth-order valence-electron chi connectivity index (χ4n) is 3.14. The Balaban J connectivity index is 0.00000166. The molecule has 0 spiro atoms. The van der Waals surface area contributed by atoms with Crippen LogP contribution in [-0.2, 0) is 9.53 Å². The zero-order valence-electron chi connectivity index (χ0n) is 18.4. The molecule has 164 valence electrons. The number of methoxy groups -OCH3 is 1. The van der Waals surface area contributed by atoms with Crippen LogP contribution in [0.2, 0.25) is 0 Å². The van der Waals surface area contributed by atoms with Crippen molar-refractivity contribution in [1.82, 2.24) is 0 Å². The lowest BCUT2D eigenvalue weighted by molar-refractivity contribution is -0.113. The van der Waals surface area contributed by atoms with Crippen LogP contribution in [-0.4, -0.2) is 38.7 Å². The number of thiol groups is 1. The molecule has 0 unspecified atom stereocenters. The summed E-state index contributed by atoms with van der Waals surface area (Å²) in [5.41, 5.74) is 4.28. The van der Waals surface area contributed by atoms with Gasteiger partial charge < -0.3 is 20.1 Å². The Bertz CT molecular complexity index is 979. The smallest absolute Gasteiger partial charge is 0.216 e. The van der Waals surface area contributed by atoms with E-state index in [0.717, 1.165) is 29.8 Å². The second-order valence-corrected chi connectivity index (χ2v) is 7.25. The highest BCUT2D eigenvalue weighted by Gasteiger charge is 2.34. The quantitative estimate of drug-likeness (QED) is 0.403. The van der Waals surface area contributed by atoms with Crippen LogP contribution < -0.4 is 10.2 Å². The summed E-state index contributed by atoms with van der Waals surface area (Å²) in [6.45, 7) is 3.07. The van der Waals surface area contributed by atoms with Gasteiger partial charge in [0.1, 0.15) is 5.70 Å². The van der Waals surface area contributed by atoms with E-state index in [9.17, 15) is 4.79 Å². The van der Waals surface area contributed by atoms with Crippen LogP contribution in [0.25, 0.3) is 6.08 Å². The van der Waals surface area contributed by atoms with Crippen LogP contribution >= 0.6 is 12.6 Å². The number of aliphatic hydroxyl groups is 1. The highest BCUT2D eigenvalue weighted by molar-refractivity contribution is 7.80. The third kappa shape index (κ3) is 6.03. The first kappa shape index (κ1) is 24.3. The molecular formula is C25H30N2O3S. The molecule has 2 N–H and O–H groups in total. The van der Waals surface area contributed by atoms with Gasteiger partial charge in [-0.25, -0.2) is 0 Å². The summed E-state index contributed by atoms with van der Waals surface area (Å²) >= 11 is 4.27. The SMILES string of the molecule is CCN(C)c1ccccc1/C=C\C/C=C1\C(=O)C(Nc2ccc(S)cc2)=C1OC.CO. The van der Waals surface area contributed by atoms with E-state index in [2.05, 4.69) is 61.1 Å². The number of para-hydroxylation sites is 1. The summed E-state index contributed by atoms with van der Waals surface area (Å²) in [6, 6.07) is 15.8. The fourth-order valence-corrected chi connectivity index (χ4v) is 3.29. The van der Waals surface area contributed by atoms with Crippen molar-refractivity contribution in [3.8, 4) is 0 Å². The Morgan fingerprint density at radius 3 is 2.45 bits per heavy atom. The molecule has 0 aromatic heterocycles. The number of ketones is 1. The summed E-state index contributed by atoms with van der Waals surface area (Å²) in [5.74, 6) is 0.570. The van der Waals surface area contributed by atoms with Crippen molar-refractivity contribution in [2.45, 2.75) is 18.2 Å². The maximum Gasteiger partial charge on any atom is 0.216 e. The van der Waals surface area contributed by atoms with Crippen molar-refractivity contribution in [1.29, 1.82) is 0 Å². The molecule has 6 heteroatoms. The number of carbonyl (C=O) groups is 1. The minimum atomic E-state index is -0.0312. The summed E-state index contributed by atoms with van der Waals surface area (Å²) in [7, 11) is 4.66. The van der Waals surface area contributed by atoms with E-state index >= 15 is 0 Å². The molecule has 2 aromatic rings. The molecule has 0 saturated carbocycles. The second-order valence-electron chi connectivity index (χ2n) is 6.74. The van der Waals surface area contributed by atoms with Gasteiger partial charge in [-0.05, 0) is 49.2 Å². The van der Waals surface area contributed by atoms with Crippen molar-refractivity contribution in [2.75, 3.05) is 38.0 Å². The summed E-state index contributed by atoms with van der Waals surface area (Å²) in [5, 5.41) is 10.1. The number of nitrogens with one attached hydrogen (secondary N) is 1. The molecule has 1 aliphatic rings. The Morgan fingerprint density at radius 2 is 1.81 bits per heavy atom. The van der Waals surface area contributed by atoms with Crippen molar-refractivity contribution >= 4 is 35.9 Å². The van der Waals surface area contributed by atoms with Crippen LogP contribution in [0, 0.1) is 0 Å². The van der Waals surface area contributed by atoms with Gasteiger partial charge >= 0.3 is 0 Å². The lowest BCUT2D eigenvalue weighted by atomic mass is 9.92. The number of ether oxygens (including phenoxy) is 1.